The van der Waals surface area contributed by atoms with Crippen molar-refractivity contribution in [1.82, 2.24) is 0 Å². The lowest BCUT2D eigenvalue weighted by atomic mass is 10.1. The first-order chi connectivity index (χ1) is 12.4. The second-order valence-electron chi connectivity index (χ2n) is 5.47. The zero-order valence-corrected chi connectivity index (χ0v) is 16.2. The Bertz CT molecular complexity index is 808. The summed E-state index contributed by atoms with van der Waals surface area (Å²) in [7, 11) is 1.39. The van der Waals surface area contributed by atoms with E-state index in [4.69, 9.17) is 9.47 Å². The molecule has 2 rings (SSSR count). The summed E-state index contributed by atoms with van der Waals surface area (Å²) in [5.41, 5.74) is 0.966. The Hall–Kier alpha value is -2.61. The number of halogens is 1. The zero-order valence-electron chi connectivity index (χ0n) is 14.6. The van der Waals surface area contributed by atoms with Gasteiger partial charge in [0, 0.05) is 16.6 Å². The molecule has 0 aliphatic rings. The average Bonchev–Trinajstić information content (AvgIpc) is 2.62. The van der Waals surface area contributed by atoms with E-state index in [1.165, 1.54) is 19.2 Å². The number of anilines is 1. The lowest BCUT2D eigenvalue weighted by Crippen LogP contribution is -2.12. The van der Waals surface area contributed by atoms with Crippen molar-refractivity contribution in [3.05, 3.63) is 62.1 Å². The molecule has 0 fully saturated rings. The highest BCUT2D eigenvalue weighted by Crippen LogP contribution is 2.38. The van der Waals surface area contributed by atoms with Gasteiger partial charge in [0.15, 0.2) is 5.69 Å². The standard InChI is InChI=1S/C18H19BrN2O5/c1-4-26-18(22)13-9-15(21(23)24)17(16(10-13)25-3)20-11(2)12-5-7-14(19)8-6-12/h5-11,20H,4H2,1-3H3. The Morgan fingerprint density at radius 2 is 1.96 bits per heavy atom. The minimum Gasteiger partial charge on any atom is -0.494 e. The Balaban J connectivity index is 2.44. The van der Waals surface area contributed by atoms with Crippen LogP contribution < -0.4 is 10.1 Å². The highest BCUT2D eigenvalue weighted by atomic mass is 79.9. The molecule has 0 amide bonds. The van der Waals surface area contributed by atoms with E-state index in [2.05, 4.69) is 21.2 Å². The first-order valence-electron chi connectivity index (χ1n) is 7.92. The van der Waals surface area contributed by atoms with Crippen LogP contribution in [0.25, 0.3) is 0 Å². The van der Waals surface area contributed by atoms with Crippen molar-refractivity contribution in [3.8, 4) is 5.75 Å². The van der Waals surface area contributed by atoms with Gasteiger partial charge in [0.1, 0.15) is 5.75 Å². The van der Waals surface area contributed by atoms with E-state index in [1.807, 2.05) is 31.2 Å². The first kappa shape index (κ1) is 19.7. The smallest absolute Gasteiger partial charge is 0.338 e. The van der Waals surface area contributed by atoms with Gasteiger partial charge in [-0.15, -0.1) is 0 Å². The van der Waals surface area contributed by atoms with Crippen molar-refractivity contribution in [2.75, 3.05) is 19.0 Å². The topological polar surface area (TPSA) is 90.7 Å². The maximum atomic E-state index is 11.9. The Morgan fingerprint density at radius 1 is 1.31 bits per heavy atom. The summed E-state index contributed by atoms with van der Waals surface area (Å²) in [6.07, 6.45) is 0. The van der Waals surface area contributed by atoms with E-state index in [1.54, 1.807) is 6.92 Å². The summed E-state index contributed by atoms with van der Waals surface area (Å²) in [6, 6.07) is 10.0. The number of carbonyl (C=O) groups is 1. The van der Waals surface area contributed by atoms with Gasteiger partial charge >= 0.3 is 5.97 Å². The van der Waals surface area contributed by atoms with Gasteiger partial charge in [0.05, 0.1) is 24.2 Å². The summed E-state index contributed by atoms with van der Waals surface area (Å²) in [6.45, 7) is 3.72. The van der Waals surface area contributed by atoms with Crippen molar-refractivity contribution in [2.24, 2.45) is 0 Å². The fourth-order valence-electron chi connectivity index (χ4n) is 2.43. The van der Waals surface area contributed by atoms with Gasteiger partial charge in [0.25, 0.3) is 5.69 Å². The number of benzene rings is 2. The van der Waals surface area contributed by atoms with Gasteiger partial charge in [0.2, 0.25) is 0 Å². The monoisotopic (exact) mass is 422 g/mol. The third-order valence-corrected chi connectivity index (χ3v) is 4.27. The molecule has 0 aliphatic carbocycles. The van der Waals surface area contributed by atoms with Gasteiger partial charge in [-0.05, 0) is 37.6 Å². The van der Waals surface area contributed by atoms with Crippen LogP contribution >= 0.6 is 15.9 Å². The molecule has 0 bridgehead atoms. The van der Waals surface area contributed by atoms with Crippen LogP contribution in [-0.2, 0) is 4.74 Å². The molecule has 2 aromatic rings. The van der Waals surface area contributed by atoms with Crippen LogP contribution in [-0.4, -0.2) is 24.6 Å². The number of nitro groups is 1. The molecule has 26 heavy (non-hydrogen) atoms. The Labute approximate surface area is 159 Å². The van der Waals surface area contributed by atoms with E-state index in [-0.39, 0.29) is 35.3 Å². The zero-order chi connectivity index (χ0) is 19.3. The molecule has 0 aromatic heterocycles. The van der Waals surface area contributed by atoms with Gasteiger partial charge in [-0.1, -0.05) is 28.1 Å². The molecule has 0 saturated heterocycles. The molecule has 2 aromatic carbocycles. The Kier molecular flexibility index (Phi) is 6.57. The molecule has 1 unspecified atom stereocenters. The number of hydrogen-bond acceptors (Lipinski definition) is 6. The largest absolute Gasteiger partial charge is 0.494 e. The number of carbonyl (C=O) groups excluding carboxylic acids is 1. The van der Waals surface area contributed by atoms with Gasteiger partial charge in [-0.3, -0.25) is 10.1 Å². The third-order valence-electron chi connectivity index (χ3n) is 3.74. The molecule has 1 N–H and O–H groups in total. The van der Waals surface area contributed by atoms with Crippen LogP contribution in [0.5, 0.6) is 5.75 Å². The first-order valence-corrected chi connectivity index (χ1v) is 8.72. The van der Waals surface area contributed by atoms with Gasteiger partial charge in [-0.25, -0.2) is 4.79 Å². The molecule has 0 heterocycles. The molecule has 0 aliphatic heterocycles. The van der Waals surface area contributed by atoms with E-state index in [0.29, 0.717) is 0 Å². The second-order valence-corrected chi connectivity index (χ2v) is 6.38. The van der Waals surface area contributed by atoms with Crippen molar-refractivity contribution in [1.29, 1.82) is 0 Å². The number of methoxy groups -OCH3 is 1. The van der Waals surface area contributed by atoms with E-state index < -0.39 is 10.9 Å². The highest BCUT2D eigenvalue weighted by Gasteiger charge is 2.25. The lowest BCUT2D eigenvalue weighted by Gasteiger charge is -2.18. The SMILES string of the molecule is CCOC(=O)c1cc(OC)c(NC(C)c2ccc(Br)cc2)c([N+](=O)[O-])c1. The molecule has 1 atom stereocenters. The van der Waals surface area contributed by atoms with Crippen LogP contribution in [0.4, 0.5) is 11.4 Å². The van der Waals surface area contributed by atoms with Crippen molar-refractivity contribution < 1.29 is 19.2 Å². The molecule has 138 valence electrons. The van der Waals surface area contributed by atoms with E-state index >= 15 is 0 Å². The summed E-state index contributed by atoms with van der Waals surface area (Å²) in [5, 5.41) is 14.6. The lowest BCUT2D eigenvalue weighted by molar-refractivity contribution is -0.384. The van der Waals surface area contributed by atoms with Crippen molar-refractivity contribution in [3.63, 3.8) is 0 Å². The predicted octanol–water partition coefficient (Wildman–Crippen LogP) is 4.72. The van der Waals surface area contributed by atoms with Gasteiger partial charge in [-0.2, -0.15) is 0 Å². The number of ether oxygens (including phenoxy) is 2. The van der Waals surface area contributed by atoms with Crippen molar-refractivity contribution in [2.45, 2.75) is 19.9 Å². The number of nitrogens with one attached hydrogen (secondary N) is 1. The number of esters is 1. The molecular formula is C18H19BrN2O5. The van der Waals surface area contributed by atoms with Crippen LogP contribution in [0, 0.1) is 10.1 Å². The second kappa shape index (κ2) is 8.66. The molecule has 0 radical (unpaired) electrons. The summed E-state index contributed by atoms with van der Waals surface area (Å²) in [5.74, 6) is -0.437. The molecule has 7 nitrogen and oxygen atoms in total. The fourth-order valence-corrected chi connectivity index (χ4v) is 2.70. The quantitative estimate of drug-likeness (QED) is 0.394. The minimum atomic E-state index is -0.638. The number of rotatable bonds is 7. The summed E-state index contributed by atoms with van der Waals surface area (Å²) in [4.78, 5) is 22.9. The van der Waals surface area contributed by atoms with Crippen molar-refractivity contribution >= 4 is 33.3 Å². The molecule has 0 saturated carbocycles. The average molecular weight is 423 g/mol. The fraction of sp³-hybridized carbons (Fsp3) is 0.278. The van der Waals surface area contributed by atoms with Crippen LogP contribution in [0.2, 0.25) is 0 Å². The van der Waals surface area contributed by atoms with Gasteiger partial charge < -0.3 is 14.8 Å². The number of nitrogens with zero attached hydrogens (tertiary/aromatic N) is 1. The summed E-state index contributed by atoms with van der Waals surface area (Å²) < 4.78 is 11.1. The highest BCUT2D eigenvalue weighted by molar-refractivity contribution is 9.10. The molecule has 8 heteroatoms. The number of hydrogen-bond donors (Lipinski definition) is 1. The molecule has 0 spiro atoms. The van der Waals surface area contributed by atoms with Crippen LogP contribution in [0.3, 0.4) is 0 Å². The summed E-state index contributed by atoms with van der Waals surface area (Å²) >= 11 is 3.38. The maximum Gasteiger partial charge on any atom is 0.338 e. The minimum absolute atomic E-state index is 0.0669. The van der Waals surface area contributed by atoms with Crippen LogP contribution in [0.15, 0.2) is 40.9 Å². The van der Waals surface area contributed by atoms with E-state index in [9.17, 15) is 14.9 Å². The third kappa shape index (κ3) is 4.51. The normalized spacial score (nSPS) is 11.5. The predicted molar refractivity (Wildman–Crippen MR) is 102 cm³/mol. The van der Waals surface area contributed by atoms with Crippen LogP contribution in [0.1, 0.15) is 35.8 Å². The Morgan fingerprint density at radius 3 is 2.50 bits per heavy atom. The van der Waals surface area contributed by atoms with E-state index in [0.717, 1.165) is 10.0 Å². The maximum absolute atomic E-state index is 11.9. The molecular weight excluding hydrogens is 404 g/mol. The number of nitro benzene ring substituents is 1.